The van der Waals surface area contributed by atoms with Gasteiger partial charge < -0.3 is 15.3 Å². The average molecular weight is 491 g/mol. The number of anilines is 3. The second kappa shape index (κ2) is 11.1. The maximum absolute atomic E-state index is 12.6. The van der Waals surface area contributed by atoms with Crippen molar-refractivity contribution in [3.63, 3.8) is 0 Å². The monoisotopic (exact) mass is 490 g/mol. The van der Waals surface area contributed by atoms with E-state index in [0.717, 1.165) is 63.7 Å². The van der Waals surface area contributed by atoms with E-state index in [1.54, 1.807) is 6.20 Å². The standard InChI is InChI=1S/C27H34N6O3/c34-23(35)14-7-18-5-8-19(9-6-18)20-10-12-21(13-11-20)29-25-24-22(17-28-32-26(24)36)30-27(31-25)33-15-3-1-2-4-16-33/h10-13,17-19H,1-9,14-16H2,(H,32,36)(H,34,35)(H,29,30,31). The highest BCUT2D eigenvalue weighted by Crippen LogP contribution is 2.38. The van der Waals surface area contributed by atoms with Gasteiger partial charge in [-0.3, -0.25) is 9.59 Å². The lowest BCUT2D eigenvalue weighted by Crippen LogP contribution is -2.26. The molecule has 36 heavy (non-hydrogen) atoms. The summed E-state index contributed by atoms with van der Waals surface area (Å²) in [6.45, 7) is 1.82. The van der Waals surface area contributed by atoms with Gasteiger partial charge in [0, 0.05) is 25.2 Å². The summed E-state index contributed by atoms with van der Waals surface area (Å²) in [5, 5.41) is 19.2. The Kier molecular flexibility index (Phi) is 7.44. The van der Waals surface area contributed by atoms with Gasteiger partial charge in [0.2, 0.25) is 5.95 Å². The molecule has 0 amide bonds. The number of carbonyl (C=O) groups is 1. The number of carboxylic acid groups (broad SMARTS) is 1. The number of aromatic nitrogens is 4. The number of carboxylic acids is 1. The molecule has 2 fully saturated rings. The van der Waals surface area contributed by atoms with Crippen LogP contribution >= 0.6 is 0 Å². The van der Waals surface area contributed by atoms with Gasteiger partial charge in [-0.15, -0.1) is 0 Å². The van der Waals surface area contributed by atoms with Gasteiger partial charge in [-0.05, 0) is 74.5 Å². The van der Waals surface area contributed by atoms with Gasteiger partial charge in [-0.2, -0.15) is 10.1 Å². The lowest BCUT2D eigenvalue weighted by molar-refractivity contribution is -0.137. The zero-order valence-corrected chi connectivity index (χ0v) is 20.6. The van der Waals surface area contributed by atoms with E-state index in [1.807, 2.05) is 12.1 Å². The van der Waals surface area contributed by atoms with Crippen LogP contribution in [0.3, 0.4) is 0 Å². The molecule has 2 aliphatic rings. The molecule has 1 aromatic carbocycles. The maximum Gasteiger partial charge on any atom is 0.303 e. The van der Waals surface area contributed by atoms with Gasteiger partial charge in [-0.1, -0.05) is 25.0 Å². The third-order valence-electron chi connectivity index (χ3n) is 7.65. The minimum Gasteiger partial charge on any atom is -0.481 e. The average Bonchev–Trinajstić information content (AvgIpc) is 3.18. The van der Waals surface area contributed by atoms with Crippen LogP contribution in [0.25, 0.3) is 10.9 Å². The highest BCUT2D eigenvalue weighted by molar-refractivity contribution is 5.90. The molecule has 1 saturated heterocycles. The first-order chi connectivity index (χ1) is 17.6. The highest BCUT2D eigenvalue weighted by Gasteiger charge is 2.23. The van der Waals surface area contributed by atoms with Crippen molar-refractivity contribution in [2.75, 3.05) is 23.3 Å². The van der Waals surface area contributed by atoms with Crippen molar-refractivity contribution < 1.29 is 9.90 Å². The van der Waals surface area contributed by atoms with Crippen LogP contribution < -0.4 is 15.8 Å². The van der Waals surface area contributed by atoms with E-state index in [2.05, 4.69) is 37.5 Å². The Bertz CT molecular complexity index is 1240. The van der Waals surface area contributed by atoms with Crippen LogP contribution in [-0.4, -0.2) is 44.3 Å². The number of H-pyrrole nitrogens is 1. The van der Waals surface area contributed by atoms with Crippen molar-refractivity contribution in [2.45, 2.75) is 70.1 Å². The summed E-state index contributed by atoms with van der Waals surface area (Å²) in [4.78, 5) is 35.1. The summed E-state index contributed by atoms with van der Waals surface area (Å²) < 4.78 is 0. The zero-order valence-electron chi connectivity index (χ0n) is 20.6. The van der Waals surface area contributed by atoms with Crippen LogP contribution in [0.15, 0.2) is 35.3 Å². The summed E-state index contributed by atoms with van der Waals surface area (Å²) in [6, 6.07) is 8.38. The SMILES string of the molecule is O=C(O)CCC1CCC(c2ccc(Nc3nc(N4CCCCCC4)nc4cn[nH]c(=O)c34)cc2)CC1. The lowest BCUT2D eigenvalue weighted by Gasteiger charge is -2.28. The Labute approximate surface area is 210 Å². The predicted molar refractivity (Wildman–Crippen MR) is 140 cm³/mol. The Hall–Kier alpha value is -3.49. The summed E-state index contributed by atoms with van der Waals surface area (Å²) >= 11 is 0. The molecule has 1 aliphatic heterocycles. The number of aliphatic carboxylic acids is 1. The van der Waals surface area contributed by atoms with Crippen LogP contribution in [-0.2, 0) is 4.79 Å². The first-order valence-electron chi connectivity index (χ1n) is 13.2. The summed E-state index contributed by atoms with van der Waals surface area (Å²) in [5.74, 6) is 1.46. The van der Waals surface area contributed by atoms with E-state index < -0.39 is 5.97 Å². The molecule has 0 unspecified atom stereocenters. The van der Waals surface area contributed by atoms with Gasteiger partial charge >= 0.3 is 5.97 Å². The summed E-state index contributed by atoms with van der Waals surface area (Å²) in [6.07, 6.45) is 11.6. The molecule has 2 aromatic heterocycles. The fourth-order valence-corrected chi connectivity index (χ4v) is 5.58. The summed E-state index contributed by atoms with van der Waals surface area (Å²) in [5.41, 5.74) is 2.39. The van der Waals surface area contributed by atoms with Gasteiger partial charge in [0.1, 0.15) is 16.7 Å². The molecular formula is C27H34N6O3. The number of hydrogen-bond donors (Lipinski definition) is 3. The van der Waals surface area contributed by atoms with Crippen LogP contribution in [0.2, 0.25) is 0 Å². The van der Waals surface area contributed by atoms with E-state index >= 15 is 0 Å². The second-order valence-electron chi connectivity index (χ2n) is 10.1. The topological polar surface area (TPSA) is 124 Å². The number of benzene rings is 1. The van der Waals surface area contributed by atoms with Crippen LogP contribution in [0.5, 0.6) is 0 Å². The third-order valence-corrected chi connectivity index (χ3v) is 7.65. The van der Waals surface area contributed by atoms with Gasteiger partial charge in [0.25, 0.3) is 5.56 Å². The second-order valence-corrected chi connectivity index (χ2v) is 10.1. The Morgan fingerprint density at radius 1 is 1.03 bits per heavy atom. The number of hydrogen-bond acceptors (Lipinski definition) is 7. The molecule has 9 heteroatoms. The molecule has 0 spiro atoms. The number of fused-ring (bicyclic) bond motifs is 1. The predicted octanol–water partition coefficient (Wildman–Crippen LogP) is 4.98. The molecule has 3 heterocycles. The van der Waals surface area contributed by atoms with Gasteiger partial charge in [-0.25, -0.2) is 10.1 Å². The normalized spacial score (nSPS) is 20.7. The first-order valence-corrected chi connectivity index (χ1v) is 13.2. The van der Waals surface area contributed by atoms with Crippen molar-refractivity contribution in [2.24, 2.45) is 5.92 Å². The number of aromatic amines is 1. The molecule has 1 saturated carbocycles. The summed E-state index contributed by atoms with van der Waals surface area (Å²) in [7, 11) is 0. The molecule has 0 atom stereocenters. The number of nitrogens with zero attached hydrogens (tertiary/aromatic N) is 4. The fraction of sp³-hybridized carbons (Fsp3) is 0.519. The first kappa shape index (κ1) is 24.2. The van der Waals surface area contributed by atoms with Crippen LogP contribution in [0.4, 0.5) is 17.5 Å². The van der Waals surface area contributed by atoms with Crippen molar-refractivity contribution in [3.8, 4) is 0 Å². The van der Waals surface area contributed by atoms with E-state index in [0.29, 0.717) is 34.5 Å². The molecule has 1 aliphatic carbocycles. The van der Waals surface area contributed by atoms with Crippen LogP contribution in [0.1, 0.15) is 75.7 Å². The molecule has 9 nitrogen and oxygen atoms in total. The molecule has 3 aromatic rings. The van der Waals surface area contributed by atoms with E-state index in [-0.39, 0.29) is 12.0 Å². The van der Waals surface area contributed by atoms with Crippen molar-refractivity contribution >= 4 is 34.3 Å². The van der Waals surface area contributed by atoms with Crippen LogP contribution in [0, 0.1) is 5.92 Å². The minimum atomic E-state index is -0.700. The molecular weight excluding hydrogens is 456 g/mol. The Balaban J connectivity index is 1.32. The molecule has 0 bridgehead atoms. The van der Waals surface area contributed by atoms with Gasteiger partial charge in [0.15, 0.2) is 0 Å². The zero-order chi connectivity index (χ0) is 24.9. The Morgan fingerprint density at radius 3 is 2.44 bits per heavy atom. The van der Waals surface area contributed by atoms with Crippen molar-refractivity contribution in [1.82, 2.24) is 20.2 Å². The minimum absolute atomic E-state index is 0.270. The molecule has 5 rings (SSSR count). The van der Waals surface area contributed by atoms with Crippen molar-refractivity contribution in [3.05, 3.63) is 46.4 Å². The lowest BCUT2D eigenvalue weighted by atomic mass is 9.77. The van der Waals surface area contributed by atoms with Crippen molar-refractivity contribution in [1.29, 1.82) is 0 Å². The van der Waals surface area contributed by atoms with Gasteiger partial charge in [0.05, 0.1) is 6.20 Å². The smallest absolute Gasteiger partial charge is 0.303 e. The van der Waals surface area contributed by atoms with E-state index in [1.165, 1.54) is 18.4 Å². The Morgan fingerprint density at radius 2 is 1.75 bits per heavy atom. The quantitative estimate of drug-likeness (QED) is 0.424. The number of rotatable bonds is 7. The van der Waals surface area contributed by atoms with E-state index in [9.17, 15) is 9.59 Å². The molecule has 190 valence electrons. The largest absolute Gasteiger partial charge is 0.481 e. The number of nitrogens with one attached hydrogen (secondary N) is 2. The molecule has 0 radical (unpaired) electrons. The molecule has 3 N–H and O–H groups in total. The third kappa shape index (κ3) is 5.66. The highest BCUT2D eigenvalue weighted by atomic mass is 16.4. The fourth-order valence-electron chi connectivity index (χ4n) is 5.58. The maximum atomic E-state index is 12.6. The van der Waals surface area contributed by atoms with E-state index in [4.69, 9.17) is 10.1 Å².